The van der Waals surface area contributed by atoms with Gasteiger partial charge in [0.05, 0.1) is 30.6 Å². The standard InChI is InChI=1S/C15H17ClN2O2/c1-19-13-7-6-10(8-14(13)20-2)9-18-15-11(16)4-3-5-12(15)17/h3-8,18H,9,17H2,1-2H3. The molecule has 0 bridgehead atoms. The average Bonchev–Trinajstić information content (AvgIpc) is 2.46. The molecular formula is C15H17ClN2O2. The lowest BCUT2D eigenvalue weighted by Gasteiger charge is -2.13. The van der Waals surface area contributed by atoms with E-state index in [9.17, 15) is 0 Å². The second-order valence-electron chi connectivity index (χ2n) is 4.25. The van der Waals surface area contributed by atoms with E-state index in [-0.39, 0.29) is 0 Å². The summed E-state index contributed by atoms with van der Waals surface area (Å²) in [6, 6.07) is 11.2. The molecule has 0 saturated heterocycles. The van der Waals surface area contributed by atoms with Gasteiger partial charge in [0.15, 0.2) is 11.5 Å². The van der Waals surface area contributed by atoms with E-state index in [1.807, 2.05) is 30.3 Å². The summed E-state index contributed by atoms with van der Waals surface area (Å²) < 4.78 is 10.5. The van der Waals surface area contributed by atoms with Crippen molar-refractivity contribution in [1.29, 1.82) is 0 Å². The van der Waals surface area contributed by atoms with Gasteiger partial charge < -0.3 is 20.5 Å². The van der Waals surface area contributed by atoms with Gasteiger partial charge in [0.25, 0.3) is 0 Å². The maximum atomic E-state index is 6.11. The summed E-state index contributed by atoms with van der Waals surface area (Å²) in [4.78, 5) is 0. The van der Waals surface area contributed by atoms with Crippen LogP contribution in [-0.2, 0) is 6.54 Å². The monoisotopic (exact) mass is 292 g/mol. The smallest absolute Gasteiger partial charge is 0.161 e. The minimum absolute atomic E-state index is 0.592. The molecule has 0 atom stereocenters. The van der Waals surface area contributed by atoms with E-state index in [1.54, 1.807) is 20.3 Å². The fraction of sp³-hybridized carbons (Fsp3) is 0.200. The molecule has 2 aromatic rings. The SMILES string of the molecule is COc1ccc(CNc2c(N)cccc2Cl)cc1OC. The number of rotatable bonds is 5. The minimum Gasteiger partial charge on any atom is -0.493 e. The van der Waals surface area contributed by atoms with Crippen LogP contribution in [0.2, 0.25) is 5.02 Å². The van der Waals surface area contributed by atoms with Crippen molar-refractivity contribution in [3.63, 3.8) is 0 Å². The number of halogens is 1. The Morgan fingerprint density at radius 2 is 1.85 bits per heavy atom. The Bertz CT molecular complexity index is 582. The number of nitrogens with one attached hydrogen (secondary N) is 1. The number of para-hydroxylation sites is 1. The van der Waals surface area contributed by atoms with Gasteiger partial charge >= 0.3 is 0 Å². The van der Waals surface area contributed by atoms with E-state index in [0.29, 0.717) is 28.8 Å². The zero-order chi connectivity index (χ0) is 14.5. The lowest BCUT2D eigenvalue weighted by Crippen LogP contribution is -2.03. The Kier molecular flexibility index (Phi) is 4.58. The fourth-order valence-corrected chi connectivity index (χ4v) is 2.16. The first kappa shape index (κ1) is 14.3. The van der Waals surface area contributed by atoms with E-state index >= 15 is 0 Å². The van der Waals surface area contributed by atoms with E-state index < -0.39 is 0 Å². The first-order valence-electron chi connectivity index (χ1n) is 6.14. The summed E-state index contributed by atoms with van der Waals surface area (Å²) in [5, 5.41) is 3.84. The van der Waals surface area contributed by atoms with Gasteiger partial charge in [-0.05, 0) is 29.8 Å². The van der Waals surface area contributed by atoms with Gasteiger partial charge in [-0.3, -0.25) is 0 Å². The first-order chi connectivity index (χ1) is 9.65. The number of hydrogen-bond donors (Lipinski definition) is 2. The molecule has 0 aliphatic rings. The summed E-state index contributed by atoms with van der Waals surface area (Å²) in [6.07, 6.45) is 0. The largest absolute Gasteiger partial charge is 0.493 e. The molecule has 20 heavy (non-hydrogen) atoms. The normalized spacial score (nSPS) is 10.2. The molecule has 0 saturated carbocycles. The highest BCUT2D eigenvalue weighted by Gasteiger charge is 2.07. The Morgan fingerprint density at radius 1 is 1.10 bits per heavy atom. The zero-order valence-corrected chi connectivity index (χ0v) is 12.2. The van der Waals surface area contributed by atoms with Gasteiger partial charge in [-0.25, -0.2) is 0 Å². The highest BCUT2D eigenvalue weighted by atomic mass is 35.5. The van der Waals surface area contributed by atoms with Crippen molar-refractivity contribution in [2.24, 2.45) is 0 Å². The third-order valence-corrected chi connectivity index (χ3v) is 3.28. The summed E-state index contributed by atoms with van der Waals surface area (Å²) in [7, 11) is 3.22. The number of ether oxygens (including phenoxy) is 2. The average molecular weight is 293 g/mol. The molecule has 106 valence electrons. The summed E-state index contributed by atoms with van der Waals surface area (Å²) >= 11 is 6.11. The number of nitrogens with two attached hydrogens (primary N) is 1. The van der Waals surface area contributed by atoms with Crippen molar-refractivity contribution in [3.8, 4) is 11.5 Å². The molecule has 4 nitrogen and oxygen atoms in total. The van der Waals surface area contributed by atoms with Gasteiger partial charge in [-0.15, -0.1) is 0 Å². The Morgan fingerprint density at radius 3 is 2.50 bits per heavy atom. The third kappa shape index (κ3) is 3.08. The maximum Gasteiger partial charge on any atom is 0.161 e. The Labute approximate surface area is 123 Å². The van der Waals surface area contributed by atoms with Crippen LogP contribution in [0.1, 0.15) is 5.56 Å². The van der Waals surface area contributed by atoms with Crippen LogP contribution in [0.4, 0.5) is 11.4 Å². The molecule has 2 aromatic carbocycles. The van der Waals surface area contributed by atoms with E-state index in [1.165, 1.54) is 0 Å². The third-order valence-electron chi connectivity index (χ3n) is 2.96. The van der Waals surface area contributed by atoms with Crippen LogP contribution in [0.15, 0.2) is 36.4 Å². The summed E-state index contributed by atoms with van der Waals surface area (Å²) in [5.74, 6) is 1.40. The molecule has 0 aromatic heterocycles. The lowest BCUT2D eigenvalue weighted by atomic mass is 10.2. The molecule has 0 fully saturated rings. The van der Waals surface area contributed by atoms with E-state index in [2.05, 4.69) is 5.32 Å². The molecule has 0 unspecified atom stereocenters. The van der Waals surface area contributed by atoms with Crippen molar-refractivity contribution in [2.75, 3.05) is 25.3 Å². The highest BCUT2D eigenvalue weighted by Crippen LogP contribution is 2.30. The van der Waals surface area contributed by atoms with Crippen LogP contribution in [0.3, 0.4) is 0 Å². The van der Waals surface area contributed by atoms with Crippen molar-refractivity contribution in [1.82, 2.24) is 0 Å². The number of benzene rings is 2. The number of methoxy groups -OCH3 is 2. The fourth-order valence-electron chi connectivity index (χ4n) is 1.91. The number of anilines is 2. The van der Waals surface area contributed by atoms with E-state index in [4.69, 9.17) is 26.8 Å². The minimum atomic E-state index is 0.592. The van der Waals surface area contributed by atoms with Crippen LogP contribution < -0.4 is 20.5 Å². The van der Waals surface area contributed by atoms with Crippen molar-refractivity contribution in [3.05, 3.63) is 47.0 Å². The zero-order valence-electron chi connectivity index (χ0n) is 11.4. The molecule has 0 amide bonds. The molecule has 3 N–H and O–H groups in total. The number of hydrogen-bond acceptors (Lipinski definition) is 4. The molecule has 0 aliphatic heterocycles. The van der Waals surface area contributed by atoms with Crippen LogP contribution in [0, 0.1) is 0 Å². The van der Waals surface area contributed by atoms with Crippen LogP contribution in [0.5, 0.6) is 11.5 Å². The lowest BCUT2D eigenvalue weighted by molar-refractivity contribution is 0.354. The second-order valence-corrected chi connectivity index (χ2v) is 4.65. The van der Waals surface area contributed by atoms with Gasteiger partial charge in [-0.1, -0.05) is 23.7 Å². The predicted molar refractivity (Wildman–Crippen MR) is 82.7 cm³/mol. The molecule has 5 heteroatoms. The second kappa shape index (κ2) is 6.39. The van der Waals surface area contributed by atoms with E-state index in [0.717, 1.165) is 11.3 Å². The van der Waals surface area contributed by atoms with Crippen LogP contribution >= 0.6 is 11.6 Å². The van der Waals surface area contributed by atoms with Crippen molar-refractivity contribution < 1.29 is 9.47 Å². The van der Waals surface area contributed by atoms with Gasteiger partial charge in [0.1, 0.15) is 0 Å². The molecule has 0 spiro atoms. The van der Waals surface area contributed by atoms with Gasteiger partial charge in [0, 0.05) is 6.54 Å². The van der Waals surface area contributed by atoms with Gasteiger partial charge in [0.2, 0.25) is 0 Å². The van der Waals surface area contributed by atoms with Crippen molar-refractivity contribution in [2.45, 2.75) is 6.54 Å². The maximum absolute atomic E-state index is 6.11. The summed E-state index contributed by atoms with van der Waals surface area (Å²) in [5.41, 5.74) is 8.30. The van der Waals surface area contributed by atoms with Crippen LogP contribution in [-0.4, -0.2) is 14.2 Å². The summed E-state index contributed by atoms with van der Waals surface area (Å²) in [6.45, 7) is 0.592. The topological polar surface area (TPSA) is 56.5 Å². The Hall–Kier alpha value is -2.07. The first-order valence-corrected chi connectivity index (χ1v) is 6.52. The molecule has 0 heterocycles. The molecule has 0 aliphatic carbocycles. The highest BCUT2D eigenvalue weighted by molar-refractivity contribution is 6.33. The van der Waals surface area contributed by atoms with Crippen LogP contribution in [0.25, 0.3) is 0 Å². The predicted octanol–water partition coefficient (Wildman–Crippen LogP) is 3.55. The molecule has 2 rings (SSSR count). The van der Waals surface area contributed by atoms with Crippen molar-refractivity contribution >= 4 is 23.0 Å². The Balaban J connectivity index is 2.15. The van der Waals surface area contributed by atoms with Gasteiger partial charge in [-0.2, -0.15) is 0 Å². The quantitative estimate of drug-likeness (QED) is 0.828. The molecule has 0 radical (unpaired) electrons. The molecular weight excluding hydrogens is 276 g/mol. The number of nitrogen functional groups attached to an aromatic ring is 1.